The van der Waals surface area contributed by atoms with Crippen LogP contribution in [0, 0.1) is 0 Å². The van der Waals surface area contributed by atoms with Crippen LogP contribution in [-0.4, -0.2) is 24.7 Å². The maximum Gasteiger partial charge on any atom is 0.371 e. The molecule has 16 heavy (non-hydrogen) atoms. The molecule has 0 amide bonds. The summed E-state index contributed by atoms with van der Waals surface area (Å²) in [6, 6.07) is 2.39. The fraction of sp³-hybridized carbons (Fsp3) is 0.500. The highest BCUT2D eigenvalue weighted by molar-refractivity contribution is 7.91. The Morgan fingerprint density at radius 2 is 1.94 bits per heavy atom. The van der Waals surface area contributed by atoms with E-state index in [1.807, 2.05) is 0 Å². The molecule has 0 radical (unpaired) electrons. The van der Waals surface area contributed by atoms with Gasteiger partial charge in [-0.2, -0.15) is 0 Å². The van der Waals surface area contributed by atoms with Crippen molar-refractivity contribution in [2.24, 2.45) is 0 Å². The Morgan fingerprint density at radius 1 is 1.31 bits per heavy atom. The number of carboxylic acids is 1. The largest absolute Gasteiger partial charge is 0.475 e. The van der Waals surface area contributed by atoms with E-state index in [0.29, 0.717) is 12.8 Å². The van der Waals surface area contributed by atoms with Gasteiger partial charge in [-0.05, 0) is 25.0 Å². The molecule has 88 valence electrons. The first-order chi connectivity index (χ1) is 7.51. The van der Waals surface area contributed by atoms with Crippen molar-refractivity contribution in [1.29, 1.82) is 0 Å². The zero-order chi connectivity index (χ0) is 11.8. The number of carbonyl (C=O) groups is 1. The minimum absolute atomic E-state index is 0.225. The molecule has 0 saturated heterocycles. The van der Waals surface area contributed by atoms with Crippen molar-refractivity contribution in [3.8, 4) is 0 Å². The van der Waals surface area contributed by atoms with Crippen LogP contribution in [0.4, 0.5) is 0 Å². The van der Waals surface area contributed by atoms with E-state index in [2.05, 4.69) is 0 Å². The molecule has 6 heteroatoms. The highest BCUT2D eigenvalue weighted by atomic mass is 32.2. The SMILES string of the molecule is O=C(O)c1ccc(S(=O)(=O)C2CCCC2)o1. The standard InChI is InChI=1S/C10H12O5S/c11-10(12)8-5-6-9(15-8)16(13,14)7-3-1-2-4-7/h5-7H,1-4H2,(H,11,12). The Kier molecular flexibility index (Phi) is 2.75. The first-order valence-electron chi connectivity index (χ1n) is 5.09. The van der Waals surface area contributed by atoms with E-state index in [-0.39, 0.29) is 10.9 Å². The van der Waals surface area contributed by atoms with Crippen molar-refractivity contribution >= 4 is 15.8 Å². The molecule has 2 rings (SSSR count). The summed E-state index contributed by atoms with van der Waals surface area (Å²) in [6.07, 6.45) is 3.06. The third-order valence-electron chi connectivity index (χ3n) is 2.81. The normalized spacial score (nSPS) is 17.8. The highest BCUT2D eigenvalue weighted by Crippen LogP contribution is 2.30. The molecule has 1 aromatic rings. The number of rotatable bonds is 3. The van der Waals surface area contributed by atoms with E-state index >= 15 is 0 Å². The molecule has 0 aliphatic heterocycles. The molecule has 1 aromatic heterocycles. The van der Waals surface area contributed by atoms with Gasteiger partial charge >= 0.3 is 5.97 Å². The Labute approximate surface area is 93.0 Å². The van der Waals surface area contributed by atoms with E-state index in [0.717, 1.165) is 12.8 Å². The molecule has 0 atom stereocenters. The average molecular weight is 244 g/mol. The van der Waals surface area contributed by atoms with E-state index in [4.69, 9.17) is 9.52 Å². The summed E-state index contributed by atoms with van der Waals surface area (Å²) >= 11 is 0. The second-order valence-corrected chi connectivity index (χ2v) is 6.03. The van der Waals surface area contributed by atoms with Crippen LogP contribution in [0.2, 0.25) is 0 Å². The van der Waals surface area contributed by atoms with Gasteiger partial charge < -0.3 is 9.52 Å². The zero-order valence-electron chi connectivity index (χ0n) is 8.55. The maximum absolute atomic E-state index is 12.0. The van der Waals surface area contributed by atoms with Gasteiger partial charge in [-0.25, -0.2) is 13.2 Å². The predicted octanol–water partition coefficient (Wildman–Crippen LogP) is 1.69. The van der Waals surface area contributed by atoms with Crippen LogP contribution in [-0.2, 0) is 9.84 Å². The van der Waals surface area contributed by atoms with Gasteiger partial charge in [0.25, 0.3) is 0 Å². The zero-order valence-corrected chi connectivity index (χ0v) is 9.37. The average Bonchev–Trinajstić information content (AvgIpc) is 2.90. The number of carboxylic acid groups (broad SMARTS) is 1. The Bertz CT molecular complexity index is 493. The third-order valence-corrected chi connectivity index (χ3v) is 4.94. The van der Waals surface area contributed by atoms with Crippen LogP contribution >= 0.6 is 0 Å². The van der Waals surface area contributed by atoms with Crippen LogP contribution in [0.25, 0.3) is 0 Å². The molecular weight excluding hydrogens is 232 g/mol. The number of aromatic carboxylic acids is 1. The number of hydrogen-bond donors (Lipinski definition) is 1. The summed E-state index contributed by atoms with van der Waals surface area (Å²) in [5.41, 5.74) is 0. The first-order valence-corrected chi connectivity index (χ1v) is 6.63. The molecule has 1 aliphatic rings. The van der Waals surface area contributed by atoms with Crippen LogP contribution in [0.15, 0.2) is 21.6 Å². The van der Waals surface area contributed by atoms with E-state index in [9.17, 15) is 13.2 Å². The third kappa shape index (κ3) is 1.84. The van der Waals surface area contributed by atoms with Crippen LogP contribution < -0.4 is 0 Å². The van der Waals surface area contributed by atoms with Crippen LogP contribution in [0.5, 0.6) is 0 Å². The molecule has 0 unspecified atom stereocenters. The van der Waals surface area contributed by atoms with Crippen LogP contribution in [0.3, 0.4) is 0 Å². The summed E-state index contributed by atoms with van der Waals surface area (Å²) in [6.45, 7) is 0. The smallest absolute Gasteiger partial charge is 0.371 e. The van der Waals surface area contributed by atoms with Gasteiger partial charge in [-0.1, -0.05) is 12.8 Å². The summed E-state index contributed by atoms with van der Waals surface area (Å²) in [4.78, 5) is 10.6. The van der Waals surface area contributed by atoms with Crippen molar-refractivity contribution in [3.05, 3.63) is 17.9 Å². The van der Waals surface area contributed by atoms with Crippen molar-refractivity contribution in [2.45, 2.75) is 36.0 Å². The van der Waals surface area contributed by atoms with Crippen molar-refractivity contribution in [1.82, 2.24) is 0 Å². The quantitative estimate of drug-likeness (QED) is 0.874. The fourth-order valence-corrected chi connectivity index (χ4v) is 3.70. The van der Waals surface area contributed by atoms with Crippen molar-refractivity contribution in [2.75, 3.05) is 0 Å². The van der Waals surface area contributed by atoms with Crippen molar-refractivity contribution in [3.63, 3.8) is 0 Å². The molecule has 1 saturated carbocycles. The predicted molar refractivity (Wildman–Crippen MR) is 55.1 cm³/mol. The monoisotopic (exact) mass is 244 g/mol. The molecule has 1 N–H and O–H groups in total. The number of furan rings is 1. The lowest BCUT2D eigenvalue weighted by molar-refractivity contribution is 0.0656. The second kappa shape index (κ2) is 3.93. The lowest BCUT2D eigenvalue weighted by Crippen LogP contribution is -2.17. The Hall–Kier alpha value is -1.30. The van der Waals surface area contributed by atoms with Gasteiger partial charge in [0.2, 0.25) is 20.7 Å². The first kappa shape index (κ1) is 11.2. The second-order valence-electron chi connectivity index (χ2n) is 3.88. The minimum atomic E-state index is -3.48. The molecule has 1 fully saturated rings. The molecule has 5 nitrogen and oxygen atoms in total. The minimum Gasteiger partial charge on any atom is -0.475 e. The van der Waals surface area contributed by atoms with E-state index in [1.165, 1.54) is 12.1 Å². The molecular formula is C10H12O5S. The van der Waals surface area contributed by atoms with Gasteiger partial charge in [0.15, 0.2) is 0 Å². The molecule has 1 aliphatic carbocycles. The van der Waals surface area contributed by atoms with Gasteiger partial charge in [-0.3, -0.25) is 0 Å². The Balaban J connectivity index is 2.31. The number of hydrogen-bond acceptors (Lipinski definition) is 4. The lowest BCUT2D eigenvalue weighted by Gasteiger charge is -2.07. The summed E-state index contributed by atoms with van der Waals surface area (Å²) in [7, 11) is -3.48. The van der Waals surface area contributed by atoms with Gasteiger partial charge in [0.05, 0.1) is 5.25 Å². The topological polar surface area (TPSA) is 84.6 Å². The van der Waals surface area contributed by atoms with Gasteiger partial charge in [0, 0.05) is 0 Å². The molecule has 0 bridgehead atoms. The van der Waals surface area contributed by atoms with E-state index < -0.39 is 21.1 Å². The maximum atomic E-state index is 12.0. The molecule has 1 heterocycles. The van der Waals surface area contributed by atoms with Gasteiger partial charge in [0.1, 0.15) is 0 Å². The molecule has 0 spiro atoms. The summed E-state index contributed by atoms with van der Waals surface area (Å²) in [5, 5.41) is 8.00. The van der Waals surface area contributed by atoms with E-state index in [1.54, 1.807) is 0 Å². The summed E-state index contributed by atoms with van der Waals surface area (Å²) < 4.78 is 28.8. The van der Waals surface area contributed by atoms with Crippen LogP contribution in [0.1, 0.15) is 36.2 Å². The fourth-order valence-electron chi connectivity index (χ4n) is 1.95. The summed E-state index contributed by atoms with van der Waals surface area (Å²) in [5.74, 6) is -1.59. The Morgan fingerprint density at radius 3 is 2.44 bits per heavy atom. The highest BCUT2D eigenvalue weighted by Gasteiger charge is 2.33. The lowest BCUT2D eigenvalue weighted by atomic mass is 10.4. The molecule has 0 aromatic carbocycles. The van der Waals surface area contributed by atoms with Gasteiger partial charge in [-0.15, -0.1) is 0 Å². The number of sulfone groups is 1. The van der Waals surface area contributed by atoms with Crippen molar-refractivity contribution < 1.29 is 22.7 Å².